The van der Waals surface area contributed by atoms with Gasteiger partial charge in [0.05, 0.1) is 18.6 Å². The Morgan fingerprint density at radius 2 is 1.76 bits per heavy atom. The fourth-order valence-electron chi connectivity index (χ4n) is 2.24. The van der Waals surface area contributed by atoms with E-state index < -0.39 is 0 Å². The number of hydrazone groups is 1. The summed E-state index contributed by atoms with van der Waals surface area (Å²) in [7, 11) is 1.62. The summed E-state index contributed by atoms with van der Waals surface area (Å²) >= 11 is 4.50. The summed E-state index contributed by atoms with van der Waals surface area (Å²) in [5.41, 5.74) is 5.47. The van der Waals surface area contributed by atoms with Crippen LogP contribution in [0.1, 0.15) is 18.1 Å². The van der Waals surface area contributed by atoms with Crippen LogP contribution in [0.3, 0.4) is 0 Å². The number of methoxy groups -OCH3 is 1. The van der Waals surface area contributed by atoms with E-state index in [1.165, 1.54) is 28.7 Å². The lowest BCUT2D eigenvalue weighted by Gasteiger charge is -2.04. The number of hydrogen-bond acceptors (Lipinski definition) is 8. The third-order valence-corrected chi connectivity index (χ3v) is 7.04. The van der Waals surface area contributed by atoms with Crippen LogP contribution in [0.25, 0.3) is 0 Å². The maximum absolute atomic E-state index is 12.1. The highest BCUT2D eigenvalue weighted by Gasteiger charge is 2.09. The summed E-state index contributed by atoms with van der Waals surface area (Å²) in [4.78, 5) is 12.1. The first-order valence-corrected chi connectivity index (χ1v) is 11.5. The van der Waals surface area contributed by atoms with Crippen LogP contribution in [-0.4, -0.2) is 34.7 Å². The number of nitrogens with zero attached hydrogens (tertiary/aromatic N) is 3. The molecule has 9 heteroatoms. The van der Waals surface area contributed by atoms with Crippen LogP contribution in [0.5, 0.6) is 5.75 Å². The van der Waals surface area contributed by atoms with Crippen molar-refractivity contribution >= 4 is 46.5 Å². The van der Waals surface area contributed by atoms with E-state index in [1.54, 1.807) is 18.9 Å². The van der Waals surface area contributed by atoms with E-state index in [2.05, 4.69) is 32.9 Å². The average molecular weight is 445 g/mol. The van der Waals surface area contributed by atoms with Crippen molar-refractivity contribution < 1.29 is 9.53 Å². The summed E-state index contributed by atoms with van der Waals surface area (Å²) in [6, 6.07) is 17.7. The predicted molar refractivity (Wildman–Crippen MR) is 120 cm³/mol. The second-order valence-corrected chi connectivity index (χ2v) is 9.28. The van der Waals surface area contributed by atoms with Gasteiger partial charge in [0.2, 0.25) is 0 Å². The van der Waals surface area contributed by atoms with Gasteiger partial charge in [0.25, 0.3) is 5.91 Å². The summed E-state index contributed by atoms with van der Waals surface area (Å²) in [6.07, 6.45) is 0. The molecule has 0 saturated carbocycles. The Kier molecular flexibility index (Phi) is 8.09. The zero-order valence-electron chi connectivity index (χ0n) is 16.0. The van der Waals surface area contributed by atoms with Gasteiger partial charge in [-0.2, -0.15) is 5.10 Å². The third kappa shape index (κ3) is 6.88. The minimum absolute atomic E-state index is 0.184. The van der Waals surface area contributed by atoms with Crippen LogP contribution in [0.4, 0.5) is 0 Å². The normalized spacial score (nSPS) is 11.3. The molecule has 0 unspecified atom stereocenters. The quantitative estimate of drug-likeness (QED) is 0.298. The van der Waals surface area contributed by atoms with Crippen molar-refractivity contribution in [2.75, 3.05) is 12.9 Å². The maximum Gasteiger partial charge on any atom is 0.250 e. The Labute approximate surface area is 182 Å². The SMILES string of the molecule is COc1ccc(C(C)=NNC(=O)CSc2nnc(SCc3ccccc3)s2)cc1. The fraction of sp³-hybridized carbons (Fsp3) is 0.200. The minimum atomic E-state index is -0.184. The van der Waals surface area contributed by atoms with E-state index in [0.29, 0.717) is 0 Å². The van der Waals surface area contributed by atoms with Crippen LogP contribution >= 0.6 is 34.9 Å². The molecule has 0 fully saturated rings. The number of rotatable bonds is 9. The number of aromatic nitrogens is 2. The number of nitrogens with one attached hydrogen (secondary N) is 1. The van der Waals surface area contributed by atoms with Crippen molar-refractivity contribution in [3.05, 3.63) is 65.7 Å². The number of carbonyl (C=O) groups is 1. The van der Waals surface area contributed by atoms with Gasteiger partial charge in [-0.3, -0.25) is 4.79 Å². The maximum atomic E-state index is 12.1. The monoisotopic (exact) mass is 444 g/mol. The topological polar surface area (TPSA) is 76.5 Å². The molecule has 1 N–H and O–H groups in total. The Bertz CT molecular complexity index is 959. The van der Waals surface area contributed by atoms with E-state index >= 15 is 0 Å². The van der Waals surface area contributed by atoms with Gasteiger partial charge in [-0.05, 0) is 42.3 Å². The zero-order chi connectivity index (χ0) is 20.5. The van der Waals surface area contributed by atoms with Crippen molar-refractivity contribution in [2.24, 2.45) is 5.10 Å². The van der Waals surface area contributed by atoms with Gasteiger partial charge < -0.3 is 4.74 Å². The van der Waals surface area contributed by atoms with E-state index in [1.807, 2.05) is 49.4 Å². The largest absolute Gasteiger partial charge is 0.497 e. The number of benzene rings is 2. The molecule has 2 aromatic carbocycles. The molecule has 0 aliphatic rings. The molecule has 150 valence electrons. The van der Waals surface area contributed by atoms with Gasteiger partial charge in [-0.25, -0.2) is 5.43 Å². The third-order valence-electron chi connectivity index (χ3n) is 3.78. The molecule has 3 aromatic rings. The molecule has 1 aromatic heterocycles. The molecule has 3 rings (SSSR count). The van der Waals surface area contributed by atoms with Crippen LogP contribution in [-0.2, 0) is 10.5 Å². The average Bonchev–Trinajstić information content (AvgIpc) is 3.23. The van der Waals surface area contributed by atoms with Crippen molar-refractivity contribution in [3.8, 4) is 5.75 Å². The van der Waals surface area contributed by atoms with E-state index in [0.717, 1.165) is 31.5 Å². The number of amides is 1. The first-order valence-electron chi connectivity index (χ1n) is 8.74. The molecular weight excluding hydrogens is 424 g/mol. The Morgan fingerprint density at radius 1 is 1.07 bits per heavy atom. The van der Waals surface area contributed by atoms with E-state index in [4.69, 9.17) is 4.74 Å². The summed E-state index contributed by atoms with van der Waals surface area (Å²) in [6.45, 7) is 1.84. The highest BCUT2D eigenvalue weighted by molar-refractivity contribution is 8.03. The molecule has 1 heterocycles. The van der Waals surface area contributed by atoms with Crippen LogP contribution in [0.2, 0.25) is 0 Å². The lowest BCUT2D eigenvalue weighted by molar-refractivity contribution is -0.118. The number of thioether (sulfide) groups is 2. The van der Waals surface area contributed by atoms with Crippen LogP contribution in [0, 0.1) is 0 Å². The smallest absolute Gasteiger partial charge is 0.250 e. The highest BCUT2D eigenvalue weighted by Crippen LogP contribution is 2.30. The minimum Gasteiger partial charge on any atom is -0.497 e. The van der Waals surface area contributed by atoms with Crippen molar-refractivity contribution in [2.45, 2.75) is 21.4 Å². The lowest BCUT2D eigenvalue weighted by Crippen LogP contribution is -2.21. The zero-order valence-corrected chi connectivity index (χ0v) is 18.4. The number of ether oxygens (including phenoxy) is 1. The van der Waals surface area contributed by atoms with Gasteiger partial charge in [0.15, 0.2) is 8.68 Å². The number of carbonyl (C=O) groups excluding carboxylic acids is 1. The summed E-state index contributed by atoms with van der Waals surface area (Å²) < 4.78 is 6.80. The first kappa shape index (κ1) is 21.4. The second kappa shape index (κ2) is 11.0. The Balaban J connectivity index is 1.43. The van der Waals surface area contributed by atoms with E-state index in [9.17, 15) is 4.79 Å². The molecule has 0 aliphatic carbocycles. The summed E-state index contributed by atoms with van der Waals surface area (Å²) in [5, 5.41) is 12.5. The van der Waals surface area contributed by atoms with Crippen molar-refractivity contribution in [1.29, 1.82) is 0 Å². The molecule has 29 heavy (non-hydrogen) atoms. The molecule has 0 bridgehead atoms. The standard InChI is InChI=1S/C20H20N4O2S3/c1-14(16-8-10-17(26-2)11-9-16)21-22-18(25)13-28-20-24-23-19(29-20)27-12-15-6-4-3-5-7-15/h3-11H,12-13H2,1-2H3,(H,22,25). The van der Waals surface area contributed by atoms with Gasteiger partial charge in [-0.1, -0.05) is 65.2 Å². The molecule has 0 aliphatic heterocycles. The van der Waals surface area contributed by atoms with Gasteiger partial charge in [0.1, 0.15) is 5.75 Å². The van der Waals surface area contributed by atoms with Gasteiger partial charge in [0, 0.05) is 5.75 Å². The fourth-order valence-corrected chi connectivity index (χ4v) is 5.00. The van der Waals surface area contributed by atoms with Gasteiger partial charge >= 0.3 is 0 Å². The highest BCUT2D eigenvalue weighted by atomic mass is 32.2. The molecule has 0 atom stereocenters. The molecular formula is C20H20N4O2S3. The van der Waals surface area contributed by atoms with E-state index in [-0.39, 0.29) is 11.7 Å². The van der Waals surface area contributed by atoms with Crippen LogP contribution in [0.15, 0.2) is 68.4 Å². The number of hydrogen-bond donors (Lipinski definition) is 1. The Morgan fingerprint density at radius 3 is 2.45 bits per heavy atom. The Hall–Kier alpha value is -2.36. The second-order valence-electron chi connectivity index (χ2n) is 5.86. The molecule has 6 nitrogen and oxygen atoms in total. The van der Waals surface area contributed by atoms with Gasteiger partial charge in [-0.15, -0.1) is 10.2 Å². The van der Waals surface area contributed by atoms with Crippen molar-refractivity contribution in [1.82, 2.24) is 15.6 Å². The van der Waals surface area contributed by atoms with Crippen molar-refractivity contribution in [3.63, 3.8) is 0 Å². The summed E-state index contributed by atoms with van der Waals surface area (Å²) in [5.74, 6) is 1.68. The lowest BCUT2D eigenvalue weighted by atomic mass is 10.1. The first-order chi connectivity index (χ1) is 14.1. The molecule has 0 spiro atoms. The molecule has 0 saturated heterocycles. The van der Waals surface area contributed by atoms with Crippen LogP contribution < -0.4 is 10.2 Å². The molecule has 1 amide bonds. The predicted octanol–water partition coefficient (Wildman–Crippen LogP) is 4.47. The molecule has 0 radical (unpaired) electrons.